The second kappa shape index (κ2) is 3.11. The second-order valence-corrected chi connectivity index (χ2v) is 4.25. The molecule has 0 bridgehead atoms. The Bertz CT molecular complexity index is 198. The van der Waals surface area contributed by atoms with Crippen molar-refractivity contribution in [1.29, 1.82) is 0 Å². The van der Waals surface area contributed by atoms with Gasteiger partial charge in [-0.3, -0.25) is 0 Å². The van der Waals surface area contributed by atoms with Gasteiger partial charge in [-0.15, -0.1) is 6.42 Å². The van der Waals surface area contributed by atoms with E-state index >= 15 is 0 Å². The van der Waals surface area contributed by atoms with Gasteiger partial charge in [-0.2, -0.15) is 0 Å². The molecule has 2 aliphatic carbocycles. The van der Waals surface area contributed by atoms with Crippen molar-refractivity contribution in [3.05, 3.63) is 0 Å². The summed E-state index contributed by atoms with van der Waals surface area (Å²) in [5.74, 6) is 2.67. The van der Waals surface area contributed by atoms with Gasteiger partial charge in [-0.05, 0) is 31.1 Å². The monoisotopic (exact) mass is 163 g/mol. The van der Waals surface area contributed by atoms with Crippen LogP contribution >= 0.6 is 0 Å². The lowest BCUT2D eigenvalue weighted by atomic mass is 9.65. The third kappa shape index (κ3) is 1.15. The summed E-state index contributed by atoms with van der Waals surface area (Å²) < 4.78 is 0. The van der Waals surface area contributed by atoms with Crippen LogP contribution in [0, 0.1) is 17.8 Å². The van der Waals surface area contributed by atoms with Gasteiger partial charge in [-0.25, -0.2) is 0 Å². The van der Waals surface area contributed by atoms with Gasteiger partial charge < -0.3 is 5.32 Å². The predicted molar refractivity (Wildman–Crippen MR) is 50.8 cm³/mol. The number of terminal acetylenes is 1. The summed E-state index contributed by atoms with van der Waals surface area (Å²) in [4.78, 5) is 0. The second-order valence-electron chi connectivity index (χ2n) is 4.25. The molecular weight excluding hydrogens is 146 g/mol. The molecule has 12 heavy (non-hydrogen) atoms. The van der Waals surface area contributed by atoms with E-state index in [-0.39, 0.29) is 0 Å². The normalized spacial score (nSPS) is 31.4. The molecule has 1 N–H and O–H groups in total. The van der Waals surface area contributed by atoms with E-state index in [9.17, 15) is 0 Å². The maximum Gasteiger partial charge on any atom is 0.0576 e. The molecule has 0 aromatic rings. The number of rotatable bonds is 2. The van der Waals surface area contributed by atoms with Crippen LogP contribution in [0.2, 0.25) is 0 Å². The summed E-state index contributed by atoms with van der Waals surface area (Å²) in [7, 11) is 0. The Morgan fingerprint density at radius 3 is 2.67 bits per heavy atom. The average Bonchev–Trinajstić information content (AvgIpc) is 2.42. The lowest BCUT2D eigenvalue weighted by Crippen LogP contribution is -2.45. The largest absolute Gasteiger partial charge is 0.303 e. The first kappa shape index (κ1) is 8.13. The quantitative estimate of drug-likeness (QED) is 0.613. The molecule has 0 heterocycles. The van der Waals surface area contributed by atoms with Crippen LogP contribution in [0.5, 0.6) is 0 Å². The molecule has 1 unspecified atom stereocenters. The summed E-state index contributed by atoms with van der Waals surface area (Å²) in [6.07, 6.45) is 13.8. The summed E-state index contributed by atoms with van der Waals surface area (Å²) in [5.41, 5.74) is 0.677. The lowest BCUT2D eigenvalue weighted by Gasteiger charge is -2.43. The van der Waals surface area contributed by atoms with Gasteiger partial charge in [0.2, 0.25) is 0 Å². The van der Waals surface area contributed by atoms with Gasteiger partial charge in [0.05, 0.1) is 6.54 Å². The topological polar surface area (TPSA) is 12.0 Å². The van der Waals surface area contributed by atoms with Crippen LogP contribution < -0.4 is 5.32 Å². The Hall–Kier alpha value is -0.480. The molecule has 1 spiro atoms. The van der Waals surface area contributed by atoms with Crippen molar-refractivity contribution in [3.63, 3.8) is 0 Å². The fourth-order valence-electron chi connectivity index (χ4n) is 2.87. The Balaban J connectivity index is 1.91. The molecule has 0 aromatic heterocycles. The molecular formula is C11H17N. The summed E-state index contributed by atoms with van der Waals surface area (Å²) >= 11 is 0. The summed E-state index contributed by atoms with van der Waals surface area (Å²) in [6.45, 7) is 0.756. The van der Waals surface area contributed by atoms with Gasteiger partial charge in [-0.1, -0.05) is 18.8 Å². The maximum atomic E-state index is 5.24. The summed E-state index contributed by atoms with van der Waals surface area (Å²) in [5, 5.41) is 3.49. The van der Waals surface area contributed by atoms with Crippen LogP contribution in [0.1, 0.15) is 38.5 Å². The van der Waals surface area contributed by atoms with Crippen LogP contribution in [-0.4, -0.2) is 12.6 Å². The third-order valence-electron chi connectivity index (χ3n) is 3.71. The predicted octanol–water partition coefficient (Wildman–Crippen LogP) is 1.93. The van der Waals surface area contributed by atoms with Gasteiger partial charge in [0, 0.05) is 6.04 Å². The van der Waals surface area contributed by atoms with E-state index in [1.54, 1.807) is 0 Å². The van der Waals surface area contributed by atoms with E-state index < -0.39 is 0 Å². The van der Waals surface area contributed by atoms with Crippen LogP contribution in [0.3, 0.4) is 0 Å². The minimum absolute atomic E-state index is 0.677. The molecule has 2 rings (SSSR count). The van der Waals surface area contributed by atoms with Crippen molar-refractivity contribution in [1.82, 2.24) is 5.32 Å². The zero-order valence-electron chi connectivity index (χ0n) is 7.60. The molecule has 2 fully saturated rings. The first-order chi connectivity index (χ1) is 5.87. The van der Waals surface area contributed by atoms with Crippen molar-refractivity contribution in [2.24, 2.45) is 5.41 Å². The molecule has 2 aliphatic rings. The Morgan fingerprint density at radius 1 is 1.33 bits per heavy atom. The van der Waals surface area contributed by atoms with E-state index in [0.717, 1.165) is 12.6 Å². The molecule has 2 saturated carbocycles. The molecule has 0 saturated heterocycles. The fraction of sp³-hybridized carbons (Fsp3) is 0.818. The van der Waals surface area contributed by atoms with Crippen molar-refractivity contribution in [3.8, 4) is 12.3 Å². The van der Waals surface area contributed by atoms with Gasteiger partial charge in [0.15, 0.2) is 0 Å². The highest BCUT2D eigenvalue weighted by molar-refractivity contribution is 5.03. The van der Waals surface area contributed by atoms with Crippen molar-refractivity contribution in [2.45, 2.75) is 44.6 Å². The number of hydrogen-bond donors (Lipinski definition) is 1. The van der Waals surface area contributed by atoms with E-state index in [1.807, 2.05) is 0 Å². The highest BCUT2D eigenvalue weighted by Crippen LogP contribution is 2.52. The first-order valence-electron chi connectivity index (χ1n) is 5.04. The summed E-state index contributed by atoms with van der Waals surface area (Å²) in [6, 6.07) is 0.738. The zero-order chi connectivity index (χ0) is 8.44. The van der Waals surface area contributed by atoms with E-state index in [4.69, 9.17) is 6.42 Å². The average molecular weight is 163 g/mol. The molecule has 1 nitrogen and oxygen atoms in total. The van der Waals surface area contributed by atoms with Crippen LogP contribution in [0.4, 0.5) is 0 Å². The highest BCUT2D eigenvalue weighted by atomic mass is 14.9. The van der Waals surface area contributed by atoms with E-state index in [1.165, 1.54) is 38.5 Å². The van der Waals surface area contributed by atoms with Gasteiger partial charge in [0.1, 0.15) is 0 Å². The fourth-order valence-corrected chi connectivity index (χ4v) is 2.87. The third-order valence-corrected chi connectivity index (χ3v) is 3.71. The maximum absolute atomic E-state index is 5.24. The Kier molecular flexibility index (Phi) is 2.11. The van der Waals surface area contributed by atoms with Gasteiger partial charge in [0.25, 0.3) is 0 Å². The van der Waals surface area contributed by atoms with Crippen molar-refractivity contribution >= 4 is 0 Å². The smallest absolute Gasteiger partial charge is 0.0576 e. The number of nitrogens with one attached hydrogen (secondary N) is 1. The van der Waals surface area contributed by atoms with Crippen molar-refractivity contribution < 1.29 is 0 Å². The molecule has 0 radical (unpaired) electrons. The van der Waals surface area contributed by atoms with Crippen LogP contribution in [0.25, 0.3) is 0 Å². The first-order valence-corrected chi connectivity index (χ1v) is 5.04. The molecule has 66 valence electrons. The standard InChI is InChI=1S/C11H17N/c1-2-9-12-10-5-3-6-11(10)7-4-8-11/h1,10,12H,3-9H2. The number of hydrogen-bond acceptors (Lipinski definition) is 1. The minimum Gasteiger partial charge on any atom is -0.303 e. The van der Waals surface area contributed by atoms with Crippen LogP contribution in [-0.2, 0) is 0 Å². The minimum atomic E-state index is 0.677. The van der Waals surface area contributed by atoms with Crippen molar-refractivity contribution in [2.75, 3.05) is 6.54 Å². The van der Waals surface area contributed by atoms with Gasteiger partial charge >= 0.3 is 0 Å². The molecule has 0 aliphatic heterocycles. The van der Waals surface area contributed by atoms with Crippen LogP contribution in [0.15, 0.2) is 0 Å². The van der Waals surface area contributed by atoms with E-state index in [0.29, 0.717) is 5.41 Å². The molecule has 1 atom stereocenters. The Labute approximate surface area is 74.9 Å². The molecule has 1 heteroatoms. The lowest BCUT2D eigenvalue weighted by molar-refractivity contribution is 0.103. The highest BCUT2D eigenvalue weighted by Gasteiger charge is 2.46. The Morgan fingerprint density at radius 2 is 2.08 bits per heavy atom. The SMILES string of the molecule is C#CCNC1CCCC12CCC2. The molecule has 0 aromatic carbocycles. The van der Waals surface area contributed by atoms with E-state index in [2.05, 4.69) is 11.2 Å². The zero-order valence-corrected chi connectivity index (χ0v) is 7.60. The molecule has 0 amide bonds.